The highest BCUT2D eigenvalue weighted by Gasteiger charge is 2.19. The highest BCUT2D eigenvalue weighted by Crippen LogP contribution is 2.29. The van der Waals surface area contributed by atoms with Crippen LogP contribution in [0, 0.1) is 13.8 Å². The van der Waals surface area contributed by atoms with Crippen LogP contribution in [-0.2, 0) is 4.79 Å². The van der Waals surface area contributed by atoms with Crippen molar-refractivity contribution in [2.45, 2.75) is 25.6 Å². The van der Waals surface area contributed by atoms with Gasteiger partial charge in [-0.3, -0.25) is 9.36 Å². The van der Waals surface area contributed by atoms with Crippen LogP contribution in [0.5, 0.6) is 0 Å². The maximum atomic E-state index is 13.4. The summed E-state index contributed by atoms with van der Waals surface area (Å²) in [5.74, 6) is -0.254. The molecule has 3 aromatic rings. The summed E-state index contributed by atoms with van der Waals surface area (Å²) in [6.07, 6.45) is 0. The molecule has 0 saturated carbocycles. The zero-order valence-corrected chi connectivity index (χ0v) is 14.6. The molecule has 0 aliphatic rings. The number of hydrogen-bond acceptors (Lipinski definition) is 3. The number of imidazole rings is 1. The molecule has 2 aromatic carbocycles. The summed E-state index contributed by atoms with van der Waals surface area (Å²) >= 11 is 0.998. The van der Waals surface area contributed by atoms with Crippen molar-refractivity contribution in [3.63, 3.8) is 0 Å². The Morgan fingerprint density at radius 2 is 1.96 bits per heavy atom. The molecular weight excluding hydrogens is 344 g/mol. The predicted molar refractivity (Wildman–Crippen MR) is 96.3 cm³/mol. The van der Waals surface area contributed by atoms with Gasteiger partial charge in [0.05, 0.1) is 16.8 Å². The second kappa shape index (κ2) is 7.23. The van der Waals surface area contributed by atoms with Gasteiger partial charge in [0, 0.05) is 5.69 Å². The van der Waals surface area contributed by atoms with Crippen LogP contribution >= 0.6 is 11.8 Å². The van der Waals surface area contributed by atoms with E-state index in [1.807, 2.05) is 32.0 Å². The Hall–Kier alpha value is -2.41. The summed E-state index contributed by atoms with van der Waals surface area (Å²) in [4.78, 5) is 16.4. The Morgan fingerprint density at radius 3 is 2.72 bits per heavy atom. The van der Waals surface area contributed by atoms with Crippen LogP contribution in [0.2, 0.25) is 0 Å². The number of nitrogens with zero attached hydrogens (tertiary/aromatic N) is 2. The molecule has 0 bridgehead atoms. The van der Waals surface area contributed by atoms with Gasteiger partial charge in [-0.1, -0.05) is 36.0 Å². The first-order valence-corrected chi connectivity index (χ1v) is 8.70. The molecule has 1 amide bonds. The third-order valence-electron chi connectivity index (χ3n) is 3.97. The minimum Gasteiger partial charge on any atom is -0.325 e. The van der Waals surface area contributed by atoms with Crippen LogP contribution < -0.4 is 5.32 Å². The van der Waals surface area contributed by atoms with E-state index in [1.165, 1.54) is 0 Å². The summed E-state index contributed by atoms with van der Waals surface area (Å²) in [5, 5.41) is 2.95. The lowest BCUT2D eigenvalue weighted by molar-refractivity contribution is -0.113. The minimum absolute atomic E-state index is 0.00340. The number of aryl methyl sites for hydroxylation is 1. The van der Waals surface area contributed by atoms with Gasteiger partial charge >= 0.3 is 6.55 Å². The average Bonchev–Trinajstić information content (AvgIpc) is 2.96. The molecule has 0 fully saturated rings. The number of anilines is 1. The molecule has 1 N–H and O–H groups in total. The van der Waals surface area contributed by atoms with Crippen molar-refractivity contribution in [3.8, 4) is 0 Å². The minimum atomic E-state index is -2.71. The first-order valence-electron chi connectivity index (χ1n) is 7.71. The number of benzene rings is 2. The van der Waals surface area contributed by atoms with E-state index in [9.17, 15) is 13.6 Å². The molecule has 0 saturated heterocycles. The van der Waals surface area contributed by atoms with Gasteiger partial charge in [-0.2, -0.15) is 8.78 Å². The second-order valence-corrected chi connectivity index (χ2v) is 6.56. The van der Waals surface area contributed by atoms with E-state index in [2.05, 4.69) is 10.3 Å². The number of amides is 1. The van der Waals surface area contributed by atoms with E-state index >= 15 is 0 Å². The van der Waals surface area contributed by atoms with E-state index in [4.69, 9.17) is 0 Å². The lowest BCUT2D eigenvalue weighted by Crippen LogP contribution is -2.15. The Morgan fingerprint density at radius 1 is 1.20 bits per heavy atom. The number of carbonyl (C=O) groups is 1. The van der Waals surface area contributed by atoms with Crippen molar-refractivity contribution in [1.82, 2.24) is 9.55 Å². The normalized spacial score (nSPS) is 11.2. The fourth-order valence-electron chi connectivity index (χ4n) is 2.52. The Bertz CT molecular complexity index is 924. The zero-order valence-electron chi connectivity index (χ0n) is 13.8. The highest BCUT2D eigenvalue weighted by molar-refractivity contribution is 7.99. The molecule has 7 heteroatoms. The lowest BCUT2D eigenvalue weighted by Gasteiger charge is -2.10. The number of aromatic nitrogens is 2. The number of thioether (sulfide) groups is 1. The van der Waals surface area contributed by atoms with E-state index < -0.39 is 6.55 Å². The number of hydrogen-bond donors (Lipinski definition) is 1. The summed E-state index contributed by atoms with van der Waals surface area (Å²) in [7, 11) is 0. The monoisotopic (exact) mass is 361 g/mol. The van der Waals surface area contributed by atoms with Crippen molar-refractivity contribution < 1.29 is 13.6 Å². The van der Waals surface area contributed by atoms with Crippen molar-refractivity contribution in [2.75, 3.05) is 11.1 Å². The first-order chi connectivity index (χ1) is 12.0. The van der Waals surface area contributed by atoms with E-state index in [1.54, 1.807) is 24.3 Å². The van der Waals surface area contributed by atoms with E-state index in [0.29, 0.717) is 11.0 Å². The van der Waals surface area contributed by atoms with E-state index in [0.717, 1.165) is 33.1 Å². The third kappa shape index (κ3) is 3.66. The van der Waals surface area contributed by atoms with Gasteiger partial charge in [0.15, 0.2) is 5.16 Å². The number of fused-ring (bicyclic) bond motifs is 1. The first kappa shape index (κ1) is 17.4. The van der Waals surface area contributed by atoms with Crippen molar-refractivity contribution in [2.24, 2.45) is 0 Å². The molecule has 0 unspecified atom stereocenters. The molecular formula is C18H17F2N3OS. The van der Waals surface area contributed by atoms with Gasteiger partial charge in [0.1, 0.15) is 0 Å². The SMILES string of the molecule is Cc1cccc(NC(=O)CSc2nc3ccccc3n2C(F)F)c1C. The smallest absolute Gasteiger partial charge is 0.321 e. The molecule has 1 heterocycles. The third-order valence-corrected chi connectivity index (χ3v) is 4.92. The van der Waals surface area contributed by atoms with Crippen molar-refractivity contribution in [3.05, 3.63) is 53.6 Å². The van der Waals surface area contributed by atoms with Crippen LogP contribution in [0.15, 0.2) is 47.6 Å². The number of carbonyl (C=O) groups excluding carboxylic acids is 1. The van der Waals surface area contributed by atoms with Gasteiger partial charge in [-0.25, -0.2) is 4.98 Å². The Balaban J connectivity index is 1.75. The maximum Gasteiger partial charge on any atom is 0.321 e. The quantitative estimate of drug-likeness (QED) is 0.665. The summed E-state index contributed by atoms with van der Waals surface area (Å²) in [6.45, 7) is 1.18. The topological polar surface area (TPSA) is 46.9 Å². The predicted octanol–water partition coefficient (Wildman–Crippen LogP) is 4.78. The summed E-state index contributed by atoms with van der Waals surface area (Å²) in [6, 6.07) is 12.3. The molecule has 0 aliphatic heterocycles. The van der Waals surface area contributed by atoms with Crippen molar-refractivity contribution >= 4 is 34.4 Å². The highest BCUT2D eigenvalue weighted by atomic mass is 32.2. The fraction of sp³-hybridized carbons (Fsp3) is 0.222. The van der Waals surface area contributed by atoms with Gasteiger partial charge in [-0.05, 0) is 43.2 Å². The molecule has 25 heavy (non-hydrogen) atoms. The van der Waals surface area contributed by atoms with Gasteiger partial charge < -0.3 is 5.32 Å². The molecule has 3 rings (SSSR count). The second-order valence-electron chi connectivity index (χ2n) is 5.62. The summed E-state index contributed by atoms with van der Waals surface area (Å²) in [5.41, 5.74) is 3.63. The van der Waals surface area contributed by atoms with Gasteiger partial charge in [0.25, 0.3) is 0 Å². The largest absolute Gasteiger partial charge is 0.325 e. The van der Waals surface area contributed by atoms with Crippen LogP contribution in [-0.4, -0.2) is 21.2 Å². The average molecular weight is 361 g/mol. The number of alkyl halides is 2. The molecule has 4 nitrogen and oxygen atoms in total. The molecule has 0 atom stereocenters. The molecule has 0 radical (unpaired) electrons. The number of rotatable bonds is 5. The van der Waals surface area contributed by atoms with E-state index in [-0.39, 0.29) is 16.8 Å². The number of halogens is 2. The fourth-order valence-corrected chi connectivity index (χ4v) is 3.33. The molecule has 1 aromatic heterocycles. The van der Waals surface area contributed by atoms with Gasteiger partial charge in [0.2, 0.25) is 5.91 Å². The Kier molecular flexibility index (Phi) is 5.03. The maximum absolute atomic E-state index is 13.4. The molecule has 0 spiro atoms. The summed E-state index contributed by atoms with van der Waals surface area (Å²) < 4.78 is 27.6. The molecule has 0 aliphatic carbocycles. The van der Waals surface area contributed by atoms with Crippen LogP contribution in [0.1, 0.15) is 17.7 Å². The standard InChI is InChI=1S/C18H17F2N3OS/c1-11-6-5-8-13(12(11)2)21-16(24)10-25-18-22-14-7-3-4-9-15(14)23(18)17(19)20/h3-9,17H,10H2,1-2H3,(H,21,24). The Labute approximate surface area is 148 Å². The van der Waals surface area contributed by atoms with Crippen LogP contribution in [0.4, 0.5) is 14.5 Å². The van der Waals surface area contributed by atoms with Gasteiger partial charge in [-0.15, -0.1) is 0 Å². The molecule has 130 valence electrons. The lowest BCUT2D eigenvalue weighted by atomic mass is 10.1. The van der Waals surface area contributed by atoms with Crippen LogP contribution in [0.3, 0.4) is 0 Å². The number of para-hydroxylation sites is 2. The van der Waals surface area contributed by atoms with Crippen LogP contribution in [0.25, 0.3) is 11.0 Å². The zero-order chi connectivity index (χ0) is 18.0. The van der Waals surface area contributed by atoms with Crippen molar-refractivity contribution in [1.29, 1.82) is 0 Å². The number of nitrogens with one attached hydrogen (secondary N) is 1.